The summed E-state index contributed by atoms with van der Waals surface area (Å²) in [4.78, 5) is 1.19. The first-order chi connectivity index (χ1) is 12.1. The van der Waals surface area contributed by atoms with Crippen molar-refractivity contribution in [2.24, 2.45) is 0 Å². The van der Waals surface area contributed by atoms with E-state index >= 15 is 0 Å². The van der Waals surface area contributed by atoms with E-state index in [2.05, 4.69) is 36.5 Å². The highest BCUT2D eigenvalue weighted by molar-refractivity contribution is 7.99. The molecule has 4 nitrogen and oxygen atoms in total. The Morgan fingerprint density at radius 1 is 1.04 bits per heavy atom. The first-order valence-corrected chi connectivity index (χ1v) is 9.40. The summed E-state index contributed by atoms with van der Waals surface area (Å²) in [5, 5.41) is 13.4. The van der Waals surface area contributed by atoms with Crippen LogP contribution in [0.2, 0.25) is 0 Å². The van der Waals surface area contributed by atoms with Crippen molar-refractivity contribution in [3.8, 4) is 11.5 Å². The first-order valence-electron chi connectivity index (χ1n) is 8.41. The molecule has 2 rings (SSSR count). The molecule has 25 heavy (non-hydrogen) atoms. The second-order valence-electron chi connectivity index (χ2n) is 5.92. The Bertz CT molecular complexity index is 646. The van der Waals surface area contributed by atoms with E-state index in [9.17, 15) is 5.11 Å². The standard InChI is InChI=1S/C20H27NO3S/c1-15-4-7-18(8-5-15)25-14-17(22)13-21-11-10-16-6-9-19(23-2)20(12-16)24-3/h4-9,12,17,21-22H,10-11,13-14H2,1-3H3/t17-/m0/s1. The summed E-state index contributed by atoms with van der Waals surface area (Å²) in [5.41, 5.74) is 2.43. The molecule has 2 aromatic rings. The van der Waals surface area contributed by atoms with Gasteiger partial charge < -0.3 is 19.9 Å². The maximum absolute atomic E-state index is 10.1. The minimum atomic E-state index is -0.364. The number of nitrogens with one attached hydrogen (secondary N) is 1. The lowest BCUT2D eigenvalue weighted by atomic mass is 10.1. The third-order valence-corrected chi connectivity index (χ3v) is 5.04. The van der Waals surface area contributed by atoms with Gasteiger partial charge in [0.1, 0.15) is 0 Å². The molecular weight excluding hydrogens is 334 g/mol. The number of rotatable bonds is 10. The fraction of sp³-hybridized carbons (Fsp3) is 0.400. The van der Waals surface area contributed by atoms with E-state index in [1.807, 2.05) is 18.2 Å². The van der Waals surface area contributed by atoms with Crippen LogP contribution in [0.5, 0.6) is 11.5 Å². The van der Waals surface area contributed by atoms with Crippen molar-refractivity contribution in [1.29, 1.82) is 0 Å². The van der Waals surface area contributed by atoms with E-state index in [0.717, 1.165) is 24.5 Å². The van der Waals surface area contributed by atoms with Gasteiger partial charge in [-0.1, -0.05) is 23.8 Å². The van der Waals surface area contributed by atoms with Crippen LogP contribution in [0.4, 0.5) is 0 Å². The van der Waals surface area contributed by atoms with Gasteiger partial charge in [-0.05, 0) is 49.7 Å². The van der Waals surface area contributed by atoms with Crippen LogP contribution < -0.4 is 14.8 Å². The molecule has 0 fully saturated rings. The fourth-order valence-electron chi connectivity index (χ4n) is 2.42. The highest BCUT2D eigenvalue weighted by atomic mass is 32.2. The molecule has 0 aliphatic carbocycles. The number of aliphatic hydroxyl groups excluding tert-OH is 1. The summed E-state index contributed by atoms with van der Waals surface area (Å²) >= 11 is 1.68. The van der Waals surface area contributed by atoms with Gasteiger partial charge in [-0.3, -0.25) is 0 Å². The summed E-state index contributed by atoms with van der Waals surface area (Å²) in [6.07, 6.45) is 0.509. The number of benzene rings is 2. The van der Waals surface area contributed by atoms with Crippen LogP contribution in [0.15, 0.2) is 47.4 Å². The lowest BCUT2D eigenvalue weighted by Crippen LogP contribution is -2.29. The number of aryl methyl sites for hydroxylation is 1. The second kappa shape index (κ2) is 10.3. The Morgan fingerprint density at radius 3 is 2.44 bits per heavy atom. The average Bonchev–Trinajstić information content (AvgIpc) is 2.64. The fourth-order valence-corrected chi connectivity index (χ4v) is 3.25. The van der Waals surface area contributed by atoms with Crippen molar-refractivity contribution in [3.05, 3.63) is 53.6 Å². The quantitative estimate of drug-likeness (QED) is 0.502. The lowest BCUT2D eigenvalue weighted by molar-refractivity contribution is 0.196. The summed E-state index contributed by atoms with van der Waals surface area (Å²) in [6.45, 7) is 3.47. The molecule has 2 N–H and O–H groups in total. The number of thioether (sulfide) groups is 1. The normalized spacial score (nSPS) is 12.0. The number of hydrogen-bond acceptors (Lipinski definition) is 5. The van der Waals surface area contributed by atoms with E-state index < -0.39 is 0 Å². The molecule has 0 amide bonds. The molecule has 1 atom stereocenters. The smallest absolute Gasteiger partial charge is 0.160 e. The zero-order valence-corrected chi connectivity index (χ0v) is 15.9. The maximum Gasteiger partial charge on any atom is 0.160 e. The maximum atomic E-state index is 10.1. The molecule has 0 heterocycles. The topological polar surface area (TPSA) is 50.7 Å². The summed E-state index contributed by atoms with van der Waals surface area (Å²) in [5.74, 6) is 2.17. The molecule has 2 aromatic carbocycles. The predicted octanol–water partition coefficient (Wildman–Crippen LogP) is 3.30. The zero-order chi connectivity index (χ0) is 18.1. The van der Waals surface area contributed by atoms with Gasteiger partial charge >= 0.3 is 0 Å². The van der Waals surface area contributed by atoms with Crippen molar-refractivity contribution in [3.63, 3.8) is 0 Å². The Kier molecular flexibility index (Phi) is 8.12. The molecule has 0 saturated heterocycles. The first kappa shape index (κ1) is 19.6. The van der Waals surface area contributed by atoms with Gasteiger partial charge in [-0.25, -0.2) is 0 Å². The Morgan fingerprint density at radius 2 is 1.76 bits per heavy atom. The summed E-state index contributed by atoms with van der Waals surface area (Å²) < 4.78 is 10.6. The monoisotopic (exact) mass is 361 g/mol. The van der Waals surface area contributed by atoms with Gasteiger partial charge in [0.2, 0.25) is 0 Å². The number of hydrogen-bond donors (Lipinski definition) is 2. The molecule has 0 spiro atoms. The molecule has 0 aliphatic heterocycles. The van der Waals surface area contributed by atoms with Crippen LogP contribution >= 0.6 is 11.8 Å². The van der Waals surface area contributed by atoms with Crippen LogP contribution in [0.3, 0.4) is 0 Å². The lowest BCUT2D eigenvalue weighted by Gasteiger charge is -2.13. The van der Waals surface area contributed by atoms with E-state index in [1.54, 1.807) is 26.0 Å². The minimum absolute atomic E-state index is 0.364. The molecule has 0 saturated carbocycles. The highest BCUT2D eigenvalue weighted by Gasteiger charge is 2.06. The van der Waals surface area contributed by atoms with E-state index in [4.69, 9.17) is 9.47 Å². The minimum Gasteiger partial charge on any atom is -0.493 e. The molecule has 5 heteroatoms. The van der Waals surface area contributed by atoms with E-state index in [-0.39, 0.29) is 6.10 Å². The molecule has 0 unspecified atom stereocenters. The molecule has 0 aromatic heterocycles. The van der Waals surface area contributed by atoms with Gasteiger partial charge in [0, 0.05) is 17.2 Å². The molecule has 0 bridgehead atoms. The largest absolute Gasteiger partial charge is 0.493 e. The molecular formula is C20H27NO3S. The van der Waals surface area contributed by atoms with E-state index in [0.29, 0.717) is 12.3 Å². The Hall–Kier alpha value is -1.69. The number of methoxy groups -OCH3 is 2. The SMILES string of the molecule is COc1ccc(CCNC[C@H](O)CSc2ccc(C)cc2)cc1OC. The Labute approximate surface area is 154 Å². The van der Waals surface area contributed by atoms with Crippen LogP contribution in [0.25, 0.3) is 0 Å². The van der Waals surface area contributed by atoms with Crippen LogP contribution in [-0.2, 0) is 6.42 Å². The van der Waals surface area contributed by atoms with Crippen molar-refractivity contribution < 1.29 is 14.6 Å². The molecule has 136 valence electrons. The van der Waals surface area contributed by atoms with Gasteiger partial charge in [-0.15, -0.1) is 11.8 Å². The van der Waals surface area contributed by atoms with Gasteiger partial charge in [0.05, 0.1) is 20.3 Å². The third kappa shape index (κ3) is 6.61. The summed E-state index contributed by atoms with van der Waals surface area (Å²) in [6, 6.07) is 14.3. The van der Waals surface area contributed by atoms with Crippen molar-refractivity contribution in [2.75, 3.05) is 33.1 Å². The van der Waals surface area contributed by atoms with Gasteiger partial charge in [-0.2, -0.15) is 0 Å². The zero-order valence-electron chi connectivity index (χ0n) is 15.1. The van der Waals surface area contributed by atoms with Gasteiger partial charge in [0.25, 0.3) is 0 Å². The molecule has 0 aliphatic rings. The van der Waals surface area contributed by atoms with Crippen molar-refractivity contribution in [2.45, 2.75) is 24.3 Å². The number of ether oxygens (including phenoxy) is 2. The predicted molar refractivity (Wildman–Crippen MR) is 104 cm³/mol. The van der Waals surface area contributed by atoms with Crippen LogP contribution in [0.1, 0.15) is 11.1 Å². The number of aliphatic hydroxyl groups is 1. The summed E-state index contributed by atoms with van der Waals surface area (Å²) in [7, 11) is 3.27. The van der Waals surface area contributed by atoms with Crippen LogP contribution in [0, 0.1) is 6.92 Å². The molecule has 0 radical (unpaired) electrons. The van der Waals surface area contributed by atoms with Crippen molar-refractivity contribution >= 4 is 11.8 Å². The highest BCUT2D eigenvalue weighted by Crippen LogP contribution is 2.27. The van der Waals surface area contributed by atoms with E-state index in [1.165, 1.54) is 16.0 Å². The van der Waals surface area contributed by atoms with Gasteiger partial charge in [0.15, 0.2) is 11.5 Å². The van der Waals surface area contributed by atoms with Crippen LogP contribution in [-0.4, -0.2) is 44.3 Å². The third-order valence-electron chi connectivity index (χ3n) is 3.88. The average molecular weight is 362 g/mol. The van der Waals surface area contributed by atoms with Crippen molar-refractivity contribution in [1.82, 2.24) is 5.32 Å². The Balaban J connectivity index is 1.67. The second-order valence-corrected chi connectivity index (χ2v) is 7.01.